The lowest BCUT2D eigenvalue weighted by molar-refractivity contribution is -0.116. The summed E-state index contributed by atoms with van der Waals surface area (Å²) in [5, 5.41) is 5.06. The van der Waals surface area contributed by atoms with Crippen molar-refractivity contribution >= 4 is 28.8 Å². The predicted molar refractivity (Wildman–Crippen MR) is 96.6 cm³/mol. The number of furan rings is 1. The zero-order chi connectivity index (χ0) is 17.8. The number of thiazole rings is 1. The van der Waals surface area contributed by atoms with Gasteiger partial charge in [-0.05, 0) is 31.2 Å². The maximum Gasteiger partial charge on any atom is 0.273 e. The summed E-state index contributed by atoms with van der Waals surface area (Å²) >= 11 is 1.32. The first-order chi connectivity index (χ1) is 12.0. The van der Waals surface area contributed by atoms with Crippen molar-refractivity contribution in [2.24, 2.45) is 0 Å². The van der Waals surface area contributed by atoms with Crippen molar-refractivity contribution in [2.45, 2.75) is 6.92 Å². The van der Waals surface area contributed by atoms with E-state index in [1.165, 1.54) is 16.2 Å². The van der Waals surface area contributed by atoms with Gasteiger partial charge in [0.15, 0.2) is 10.8 Å². The van der Waals surface area contributed by atoms with Gasteiger partial charge >= 0.3 is 0 Å². The summed E-state index contributed by atoms with van der Waals surface area (Å²) in [5.41, 5.74) is 2.11. The van der Waals surface area contributed by atoms with Crippen LogP contribution in [0.4, 0.5) is 5.69 Å². The van der Waals surface area contributed by atoms with Crippen LogP contribution in [0.5, 0.6) is 0 Å². The number of nitrogens with one attached hydrogen (secondary N) is 1. The largest absolute Gasteiger partial charge is 0.462 e. The Hall–Kier alpha value is -2.93. The van der Waals surface area contributed by atoms with Crippen molar-refractivity contribution in [1.29, 1.82) is 0 Å². The molecule has 0 bridgehead atoms. The molecule has 0 aliphatic rings. The lowest BCUT2D eigenvalue weighted by atomic mass is 10.2. The molecule has 0 radical (unpaired) electrons. The third-order valence-electron chi connectivity index (χ3n) is 3.52. The molecule has 1 aromatic carbocycles. The number of aryl methyl sites for hydroxylation is 1. The number of likely N-dealkylation sites (N-methyl/N-ethyl adjacent to an activating group) is 1. The third-order valence-corrected chi connectivity index (χ3v) is 4.37. The molecule has 0 saturated heterocycles. The maximum atomic E-state index is 12.4. The van der Waals surface area contributed by atoms with Crippen LogP contribution in [0.3, 0.4) is 0 Å². The van der Waals surface area contributed by atoms with E-state index in [1.54, 1.807) is 30.8 Å². The van der Waals surface area contributed by atoms with E-state index in [1.807, 2.05) is 31.2 Å². The predicted octanol–water partition coefficient (Wildman–Crippen LogP) is 3.42. The Morgan fingerprint density at radius 3 is 2.68 bits per heavy atom. The molecule has 7 heteroatoms. The molecule has 0 fully saturated rings. The quantitative estimate of drug-likeness (QED) is 0.761. The molecular formula is C18H17N3O3S. The summed E-state index contributed by atoms with van der Waals surface area (Å²) in [4.78, 5) is 30.1. The highest BCUT2D eigenvalue weighted by molar-refractivity contribution is 7.13. The van der Waals surface area contributed by atoms with E-state index >= 15 is 0 Å². The standard InChI is InChI=1S/C18H17N3O3S/c1-12-5-7-13(8-6-12)19-16(22)10-21(2)18(23)14-11-25-17(20-14)15-4-3-9-24-15/h3-9,11H,10H2,1-2H3,(H,19,22). The smallest absolute Gasteiger partial charge is 0.273 e. The molecule has 0 atom stereocenters. The molecule has 0 aliphatic heterocycles. The van der Waals surface area contributed by atoms with E-state index in [-0.39, 0.29) is 18.4 Å². The molecule has 25 heavy (non-hydrogen) atoms. The SMILES string of the molecule is Cc1ccc(NC(=O)CN(C)C(=O)c2csc(-c3ccco3)n2)cc1. The molecule has 0 aliphatic carbocycles. The fraction of sp³-hybridized carbons (Fsp3) is 0.167. The van der Waals surface area contributed by atoms with Crippen LogP contribution >= 0.6 is 11.3 Å². The molecule has 0 saturated carbocycles. The average Bonchev–Trinajstić information content (AvgIpc) is 3.27. The van der Waals surface area contributed by atoms with Crippen LogP contribution in [0, 0.1) is 6.92 Å². The van der Waals surface area contributed by atoms with Gasteiger partial charge in [0.05, 0.1) is 12.8 Å². The van der Waals surface area contributed by atoms with Gasteiger partial charge < -0.3 is 14.6 Å². The number of hydrogen-bond donors (Lipinski definition) is 1. The summed E-state index contributed by atoms with van der Waals surface area (Å²) in [6, 6.07) is 11.0. The van der Waals surface area contributed by atoms with Gasteiger partial charge in [0.2, 0.25) is 5.91 Å². The van der Waals surface area contributed by atoms with Crippen LogP contribution in [0.25, 0.3) is 10.8 Å². The van der Waals surface area contributed by atoms with Gasteiger partial charge in [-0.25, -0.2) is 4.98 Å². The Kier molecular flexibility index (Phi) is 4.95. The maximum absolute atomic E-state index is 12.4. The van der Waals surface area contributed by atoms with Gasteiger partial charge in [0, 0.05) is 18.1 Å². The monoisotopic (exact) mass is 355 g/mol. The number of carbonyl (C=O) groups excluding carboxylic acids is 2. The van der Waals surface area contributed by atoms with Gasteiger partial charge in [-0.2, -0.15) is 0 Å². The first-order valence-electron chi connectivity index (χ1n) is 7.64. The summed E-state index contributed by atoms with van der Waals surface area (Å²) in [5.74, 6) is 0.0399. The molecule has 0 spiro atoms. The van der Waals surface area contributed by atoms with E-state index in [0.717, 1.165) is 5.56 Å². The second kappa shape index (κ2) is 7.31. The second-order valence-corrected chi connectivity index (χ2v) is 6.45. The van der Waals surface area contributed by atoms with Crippen molar-refractivity contribution in [1.82, 2.24) is 9.88 Å². The van der Waals surface area contributed by atoms with Crippen LogP contribution in [0.2, 0.25) is 0 Å². The van der Waals surface area contributed by atoms with Gasteiger partial charge in [-0.15, -0.1) is 11.3 Å². The summed E-state index contributed by atoms with van der Waals surface area (Å²) in [6.07, 6.45) is 1.56. The highest BCUT2D eigenvalue weighted by Gasteiger charge is 2.19. The van der Waals surface area contributed by atoms with E-state index in [2.05, 4.69) is 10.3 Å². The molecule has 2 heterocycles. The number of nitrogens with zero attached hydrogens (tertiary/aromatic N) is 2. The zero-order valence-corrected chi connectivity index (χ0v) is 14.7. The lowest BCUT2D eigenvalue weighted by Crippen LogP contribution is -2.35. The highest BCUT2D eigenvalue weighted by atomic mass is 32.1. The Labute approximate surface area is 149 Å². The highest BCUT2D eigenvalue weighted by Crippen LogP contribution is 2.24. The van der Waals surface area contributed by atoms with Crippen LogP contribution in [-0.4, -0.2) is 35.3 Å². The third kappa shape index (κ3) is 4.13. The molecule has 6 nitrogen and oxygen atoms in total. The Morgan fingerprint density at radius 1 is 1.24 bits per heavy atom. The van der Waals surface area contributed by atoms with Crippen molar-refractivity contribution < 1.29 is 14.0 Å². The number of carbonyl (C=O) groups is 2. The van der Waals surface area contributed by atoms with Crippen molar-refractivity contribution in [3.63, 3.8) is 0 Å². The Balaban J connectivity index is 1.60. The van der Waals surface area contributed by atoms with Crippen LogP contribution in [-0.2, 0) is 4.79 Å². The summed E-state index contributed by atoms with van der Waals surface area (Å²) in [6.45, 7) is 1.92. The number of benzene rings is 1. The molecule has 128 valence electrons. The van der Waals surface area contributed by atoms with Crippen molar-refractivity contribution in [3.8, 4) is 10.8 Å². The fourth-order valence-electron chi connectivity index (χ4n) is 2.21. The van der Waals surface area contributed by atoms with Gasteiger partial charge in [-0.1, -0.05) is 17.7 Å². The number of amides is 2. The molecule has 0 unspecified atom stereocenters. The van der Waals surface area contributed by atoms with Crippen molar-refractivity contribution in [2.75, 3.05) is 18.9 Å². The molecular weight excluding hydrogens is 338 g/mol. The number of aromatic nitrogens is 1. The van der Waals surface area contributed by atoms with Crippen LogP contribution in [0.1, 0.15) is 16.1 Å². The van der Waals surface area contributed by atoms with Gasteiger partial charge in [-0.3, -0.25) is 9.59 Å². The topological polar surface area (TPSA) is 75.4 Å². The van der Waals surface area contributed by atoms with E-state index in [0.29, 0.717) is 22.1 Å². The number of hydrogen-bond acceptors (Lipinski definition) is 5. The minimum absolute atomic E-state index is 0.0552. The number of rotatable bonds is 5. The van der Waals surface area contributed by atoms with Gasteiger partial charge in [0.1, 0.15) is 5.69 Å². The Bertz CT molecular complexity index is 869. The molecule has 1 N–H and O–H groups in total. The molecule has 2 amide bonds. The Morgan fingerprint density at radius 2 is 2.00 bits per heavy atom. The minimum Gasteiger partial charge on any atom is -0.462 e. The lowest BCUT2D eigenvalue weighted by Gasteiger charge is -2.15. The molecule has 2 aromatic heterocycles. The average molecular weight is 355 g/mol. The van der Waals surface area contributed by atoms with E-state index < -0.39 is 0 Å². The van der Waals surface area contributed by atoms with E-state index in [4.69, 9.17) is 4.42 Å². The summed E-state index contributed by atoms with van der Waals surface area (Å²) in [7, 11) is 1.57. The van der Waals surface area contributed by atoms with Gasteiger partial charge in [0.25, 0.3) is 5.91 Å². The second-order valence-electron chi connectivity index (χ2n) is 5.59. The normalized spacial score (nSPS) is 10.5. The summed E-state index contributed by atoms with van der Waals surface area (Å²) < 4.78 is 5.27. The fourth-order valence-corrected chi connectivity index (χ4v) is 2.97. The minimum atomic E-state index is -0.312. The van der Waals surface area contributed by atoms with Crippen molar-refractivity contribution in [3.05, 3.63) is 59.3 Å². The zero-order valence-electron chi connectivity index (χ0n) is 13.9. The number of anilines is 1. The van der Waals surface area contributed by atoms with Crippen LogP contribution in [0.15, 0.2) is 52.5 Å². The molecule has 3 aromatic rings. The molecule has 3 rings (SSSR count). The first-order valence-corrected chi connectivity index (χ1v) is 8.52. The van der Waals surface area contributed by atoms with E-state index in [9.17, 15) is 9.59 Å². The first kappa shape index (κ1) is 16.9. The van der Waals surface area contributed by atoms with Crippen LogP contribution < -0.4 is 5.32 Å².